The van der Waals surface area contributed by atoms with Crippen LogP contribution in [0.3, 0.4) is 0 Å². The van der Waals surface area contributed by atoms with Crippen molar-refractivity contribution in [3.8, 4) is 5.75 Å². The van der Waals surface area contributed by atoms with Crippen molar-refractivity contribution in [2.45, 2.75) is 13.5 Å². The number of carbonyl (C=O) groups is 1. The van der Waals surface area contributed by atoms with E-state index in [1.165, 1.54) is 12.1 Å². The second-order valence-electron chi connectivity index (χ2n) is 4.17. The first-order valence-electron chi connectivity index (χ1n) is 6.37. The van der Waals surface area contributed by atoms with Crippen LogP contribution in [-0.4, -0.2) is 27.8 Å². The van der Waals surface area contributed by atoms with Gasteiger partial charge < -0.3 is 15.2 Å². The number of aromatic amines is 1. The minimum atomic E-state index is -0.459. The Bertz CT molecular complexity index is 676. The number of anilines is 1. The number of benzene rings is 1. The predicted molar refractivity (Wildman–Crippen MR) is 76.3 cm³/mol. The number of nitrogens with one attached hydrogen (secondary N) is 2. The van der Waals surface area contributed by atoms with E-state index in [-0.39, 0.29) is 17.9 Å². The highest BCUT2D eigenvalue weighted by atomic mass is 16.5. The Morgan fingerprint density at radius 1 is 1.38 bits per heavy atom. The Morgan fingerprint density at radius 3 is 2.81 bits per heavy atom. The molecule has 3 N–H and O–H groups in total. The lowest BCUT2D eigenvalue weighted by Gasteiger charge is -2.11. The molecule has 0 saturated heterocycles. The van der Waals surface area contributed by atoms with Crippen molar-refractivity contribution in [2.24, 2.45) is 0 Å². The fourth-order valence-corrected chi connectivity index (χ4v) is 1.74. The first-order valence-corrected chi connectivity index (χ1v) is 6.37. The van der Waals surface area contributed by atoms with Gasteiger partial charge >= 0.3 is 0 Å². The molecule has 2 aromatic rings. The Hall–Kier alpha value is -2.67. The maximum absolute atomic E-state index is 11.9. The van der Waals surface area contributed by atoms with Gasteiger partial charge in [-0.15, -0.1) is 0 Å². The number of aromatic nitrogens is 2. The third-order valence-electron chi connectivity index (χ3n) is 2.70. The van der Waals surface area contributed by atoms with Crippen LogP contribution in [0.15, 0.2) is 35.1 Å². The average molecular weight is 289 g/mol. The van der Waals surface area contributed by atoms with Crippen molar-refractivity contribution in [3.63, 3.8) is 0 Å². The molecule has 110 valence electrons. The van der Waals surface area contributed by atoms with Gasteiger partial charge in [-0.3, -0.25) is 9.59 Å². The summed E-state index contributed by atoms with van der Waals surface area (Å²) < 4.78 is 5.36. The van der Waals surface area contributed by atoms with E-state index in [9.17, 15) is 14.7 Å². The number of amides is 1. The molecule has 7 nitrogen and oxygen atoms in total. The summed E-state index contributed by atoms with van der Waals surface area (Å²) in [5.74, 6) is 0.111. The Labute approximate surface area is 120 Å². The minimum absolute atomic E-state index is 0.0917. The van der Waals surface area contributed by atoms with Gasteiger partial charge in [-0.1, -0.05) is 0 Å². The molecule has 0 aliphatic carbocycles. The standard InChI is InChI=1S/C14H15N3O4/c1-2-21-12-5-3-10(7-9(12)8-18)15-14(20)11-4-6-13(19)17-16-11/h3-7,18H,2,8H2,1H3,(H,15,20)(H,17,19). The zero-order valence-electron chi connectivity index (χ0n) is 11.4. The maximum Gasteiger partial charge on any atom is 0.276 e. The van der Waals surface area contributed by atoms with Crippen LogP contribution in [0.4, 0.5) is 5.69 Å². The zero-order chi connectivity index (χ0) is 15.2. The van der Waals surface area contributed by atoms with Gasteiger partial charge in [0.2, 0.25) is 0 Å². The molecule has 0 bridgehead atoms. The number of aliphatic hydroxyl groups excluding tert-OH is 1. The molecule has 1 aromatic carbocycles. The van der Waals surface area contributed by atoms with Crippen LogP contribution in [0.2, 0.25) is 0 Å². The highest BCUT2D eigenvalue weighted by Crippen LogP contribution is 2.23. The third kappa shape index (κ3) is 3.67. The van der Waals surface area contributed by atoms with E-state index in [2.05, 4.69) is 15.5 Å². The van der Waals surface area contributed by atoms with Crippen molar-refractivity contribution in [1.29, 1.82) is 0 Å². The molecule has 0 saturated carbocycles. The highest BCUT2D eigenvalue weighted by molar-refractivity contribution is 6.02. The molecule has 2 rings (SSSR count). The second-order valence-corrected chi connectivity index (χ2v) is 4.17. The van der Waals surface area contributed by atoms with Crippen LogP contribution in [0.1, 0.15) is 23.0 Å². The molecule has 0 spiro atoms. The first-order chi connectivity index (χ1) is 10.1. The fraction of sp³-hybridized carbons (Fsp3) is 0.214. The first kappa shape index (κ1) is 14.7. The van der Waals surface area contributed by atoms with E-state index in [1.54, 1.807) is 18.2 Å². The number of aliphatic hydroxyl groups is 1. The van der Waals surface area contributed by atoms with Crippen molar-refractivity contribution in [1.82, 2.24) is 10.2 Å². The average Bonchev–Trinajstić information content (AvgIpc) is 2.49. The molecule has 0 atom stereocenters. The van der Waals surface area contributed by atoms with Gasteiger partial charge in [-0.25, -0.2) is 5.10 Å². The number of hydrogen-bond donors (Lipinski definition) is 3. The smallest absolute Gasteiger partial charge is 0.276 e. The van der Waals surface area contributed by atoms with Crippen LogP contribution in [0.25, 0.3) is 0 Å². The summed E-state index contributed by atoms with van der Waals surface area (Å²) in [5, 5.41) is 17.8. The molecule has 21 heavy (non-hydrogen) atoms. The second kappa shape index (κ2) is 6.67. The van der Waals surface area contributed by atoms with Gasteiger partial charge in [0, 0.05) is 17.3 Å². The molecule has 0 unspecified atom stereocenters. The molecule has 0 aliphatic heterocycles. The van der Waals surface area contributed by atoms with Gasteiger partial charge in [0.05, 0.1) is 13.2 Å². The Balaban J connectivity index is 2.17. The summed E-state index contributed by atoms with van der Waals surface area (Å²) in [5.41, 5.74) is 0.786. The molecule has 7 heteroatoms. The number of H-pyrrole nitrogens is 1. The van der Waals surface area contributed by atoms with Gasteiger partial charge in [0.1, 0.15) is 11.4 Å². The lowest BCUT2D eigenvalue weighted by molar-refractivity contribution is 0.102. The van der Waals surface area contributed by atoms with Crippen LogP contribution in [-0.2, 0) is 6.61 Å². The van der Waals surface area contributed by atoms with Crippen molar-refractivity contribution < 1.29 is 14.6 Å². The monoisotopic (exact) mass is 289 g/mol. The van der Waals surface area contributed by atoms with Crippen molar-refractivity contribution in [2.75, 3.05) is 11.9 Å². The lowest BCUT2D eigenvalue weighted by atomic mass is 10.2. The summed E-state index contributed by atoms with van der Waals surface area (Å²) in [6.07, 6.45) is 0. The Morgan fingerprint density at radius 2 is 2.19 bits per heavy atom. The quantitative estimate of drug-likeness (QED) is 0.759. The summed E-state index contributed by atoms with van der Waals surface area (Å²) >= 11 is 0. The predicted octanol–water partition coefficient (Wildman–Crippen LogP) is 0.913. The van der Waals surface area contributed by atoms with E-state index >= 15 is 0 Å². The molecule has 1 amide bonds. The number of ether oxygens (including phenoxy) is 1. The topological polar surface area (TPSA) is 104 Å². The van der Waals surface area contributed by atoms with Crippen LogP contribution in [0, 0.1) is 0 Å². The SMILES string of the molecule is CCOc1ccc(NC(=O)c2ccc(=O)[nH]n2)cc1CO. The normalized spacial score (nSPS) is 10.2. The minimum Gasteiger partial charge on any atom is -0.494 e. The molecular formula is C14H15N3O4. The van der Waals surface area contributed by atoms with E-state index < -0.39 is 5.91 Å². The molecular weight excluding hydrogens is 274 g/mol. The van der Waals surface area contributed by atoms with Crippen LogP contribution >= 0.6 is 0 Å². The number of carbonyl (C=O) groups excluding carboxylic acids is 1. The summed E-state index contributed by atoms with van der Waals surface area (Å²) in [6.45, 7) is 2.13. The summed E-state index contributed by atoms with van der Waals surface area (Å²) in [4.78, 5) is 22.8. The molecule has 0 radical (unpaired) electrons. The molecule has 0 fully saturated rings. The lowest BCUT2D eigenvalue weighted by Crippen LogP contribution is -2.17. The number of rotatable bonds is 5. The number of nitrogens with zero attached hydrogens (tertiary/aromatic N) is 1. The van der Waals surface area contributed by atoms with E-state index in [0.717, 1.165) is 0 Å². The summed E-state index contributed by atoms with van der Waals surface area (Å²) in [6, 6.07) is 7.50. The molecule has 0 aliphatic rings. The largest absolute Gasteiger partial charge is 0.494 e. The van der Waals surface area contributed by atoms with E-state index in [4.69, 9.17) is 4.74 Å². The van der Waals surface area contributed by atoms with Crippen molar-refractivity contribution in [3.05, 3.63) is 51.9 Å². The van der Waals surface area contributed by atoms with Crippen molar-refractivity contribution >= 4 is 11.6 Å². The van der Waals surface area contributed by atoms with Crippen LogP contribution < -0.4 is 15.6 Å². The van der Waals surface area contributed by atoms with Crippen LogP contribution in [0.5, 0.6) is 5.75 Å². The van der Waals surface area contributed by atoms with Gasteiger partial charge in [-0.2, -0.15) is 5.10 Å². The summed E-state index contributed by atoms with van der Waals surface area (Å²) in [7, 11) is 0. The molecule has 1 aromatic heterocycles. The zero-order valence-corrected chi connectivity index (χ0v) is 11.4. The van der Waals surface area contributed by atoms with Gasteiger partial charge in [0.15, 0.2) is 0 Å². The maximum atomic E-state index is 11.9. The van der Waals surface area contributed by atoms with Gasteiger partial charge in [-0.05, 0) is 31.2 Å². The highest BCUT2D eigenvalue weighted by Gasteiger charge is 2.10. The van der Waals surface area contributed by atoms with E-state index in [0.29, 0.717) is 23.6 Å². The fourth-order valence-electron chi connectivity index (χ4n) is 1.74. The van der Waals surface area contributed by atoms with E-state index in [1.807, 2.05) is 6.92 Å². The Kier molecular flexibility index (Phi) is 4.68. The van der Waals surface area contributed by atoms with Gasteiger partial charge in [0.25, 0.3) is 11.5 Å². The molecule has 1 heterocycles. The third-order valence-corrected chi connectivity index (χ3v) is 2.70. The number of hydrogen-bond acceptors (Lipinski definition) is 5.